The molecule has 0 bridgehead atoms. The van der Waals surface area contributed by atoms with Crippen LogP contribution in [0.1, 0.15) is 90.9 Å². The van der Waals surface area contributed by atoms with E-state index >= 15 is 0 Å². The van der Waals surface area contributed by atoms with Crippen LogP contribution in [0.25, 0.3) is 0 Å². The first kappa shape index (κ1) is 18.5. The molecular weight excluding hydrogens is 264 g/mol. The van der Waals surface area contributed by atoms with Crippen LogP contribution in [-0.4, -0.2) is 24.8 Å². The fourth-order valence-corrected chi connectivity index (χ4v) is 2.90. The minimum Gasteiger partial charge on any atom is -0.460 e. The van der Waals surface area contributed by atoms with E-state index in [2.05, 4.69) is 13.8 Å². The smallest absolute Gasteiger partial charge is 0.306 e. The Hall–Kier alpha value is -0.570. The van der Waals surface area contributed by atoms with Crippen LogP contribution < -0.4 is 0 Å². The maximum Gasteiger partial charge on any atom is 0.306 e. The zero-order valence-electron chi connectivity index (χ0n) is 14.1. The van der Waals surface area contributed by atoms with Gasteiger partial charge in [0, 0.05) is 13.0 Å². The van der Waals surface area contributed by atoms with Gasteiger partial charge in [-0.25, -0.2) is 0 Å². The summed E-state index contributed by atoms with van der Waals surface area (Å²) in [6.45, 7) is 5.18. The lowest BCUT2D eigenvalue weighted by Gasteiger charge is -2.31. The average molecular weight is 298 g/mol. The zero-order valence-corrected chi connectivity index (χ0v) is 14.1. The molecule has 0 aromatic heterocycles. The van der Waals surface area contributed by atoms with Crippen LogP contribution in [0.2, 0.25) is 0 Å². The van der Waals surface area contributed by atoms with Gasteiger partial charge in [-0.3, -0.25) is 4.79 Å². The van der Waals surface area contributed by atoms with Gasteiger partial charge >= 0.3 is 5.97 Å². The molecule has 124 valence electrons. The van der Waals surface area contributed by atoms with E-state index in [4.69, 9.17) is 9.47 Å². The fraction of sp³-hybridized carbons (Fsp3) is 0.944. The summed E-state index contributed by atoms with van der Waals surface area (Å²) < 4.78 is 11.7. The molecule has 3 heteroatoms. The number of hydrogen-bond acceptors (Lipinski definition) is 3. The van der Waals surface area contributed by atoms with Gasteiger partial charge in [0.05, 0.1) is 6.10 Å². The van der Waals surface area contributed by atoms with Gasteiger partial charge in [0.1, 0.15) is 6.10 Å². The molecule has 0 aromatic rings. The van der Waals surface area contributed by atoms with E-state index in [0.717, 1.165) is 51.6 Å². The van der Waals surface area contributed by atoms with Crippen molar-refractivity contribution in [3.05, 3.63) is 0 Å². The van der Waals surface area contributed by atoms with E-state index in [0.29, 0.717) is 6.42 Å². The zero-order chi connectivity index (χ0) is 15.3. The van der Waals surface area contributed by atoms with Gasteiger partial charge in [-0.2, -0.15) is 0 Å². The van der Waals surface area contributed by atoms with Crippen LogP contribution >= 0.6 is 0 Å². The summed E-state index contributed by atoms with van der Waals surface area (Å²) in [5.74, 6) is -0.0325. The molecule has 2 unspecified atom stereocenters. The molecule has 2 atom stereocenters. The minimum atomic E-state index is -0.0325. The third-order valence-corrected chi connectivity index (χ3v) is 4.24. The van der Waals surface area contributed by atoms with Crippen molar-refractivity contribution in [2.45, 2.75) is 103 Å². The molecule has 0 spiro atoms. The van der Waals surface area contributed by atoms with Crippen molar-refractivity contribution in [3.8, 4) is 0 Å². The molecule has 1 saturated carbocycles. The Kier molecular flexibility index (Phi) is 10.6. The maximum absolute atomic E-state index is 11.9. The van der Waals surface area contributed by atoms with Crippen molar-refractivity contribution in [1.29, 1.82) is 0 Å². The summed E-state index contributed by atoms with van der Waals surface area (Å²) in [6, 6.07) is 0. The summed E-state index contributed by atoms with van der Waals surface area (Å²) in [6.07, 6.45) is 13.2. The van der Waals surface area contributed by atoms with Crippen molar-refractivity contribution in [1.82, 2.24) is 0 Å². The molecule has 1 aliphatic carbocycles. The Morgan fingerprint density at radius 2 is 1.57 bits per heavy atom. The Balaban J connectivity index is 2.23. The minimum absolute atomic E-state index is 0.000878. The average Bonchev–Trinajstić information content (AvgIpc) is 2.49. The van der Waals surface area contributed by atoms with Crippen LogP contribution in [0, 0.1) is 0 Å². The van der Waals surface area contributed by atoms with Crippen molar-refractivity contribution < 1.29 is 14.3 Å². The van der Waals surface area contributed by atoms with Gasteiger partial charge < -0.3 is 9.47 Å². The summed E-state index contributed by atoms with van der Waals surface area (Å²) in [4.78, 5) is 11.9. The number of ether oxygens (including phenoxy) is 2. The second-order valence-electron chi connectivity index (χ2n) is 6.24. The molecule has 0 N–H and O–H groups in total. The summed E-state index contributed by atoms with van der Waals surface area (Å²) in [7, 11) is 0. The van der Waals surface area contributed by atoms with Crippen molar-refractivity contribution in [2.24, 2.45) is 0 Å². The molecule has 0 aliphatic heterocycles. The first-order valence-corrected chi connectivity index (χ1v) is 9.09. The topological polar surface area (TPSA) is 35.5 Å². The first-order chi connectivity index (χ1) is 10.3. The number of rotatable bonds is 11. The predicted octanol–water partition coefficient (Wildman–Crippen LogP) is 5.02. The van der Waals surface area contributed by atoms with Gasteiger partial charge in [-0.05, 0) is 32.1 Å². The molecule has 1 fully saturated rings. The summed E-state index contributed by atoms with van der Waals surface area (Å²) in [5, 5.41) is 0. The molecule has 0 aromatic carbocycles. The second-order valence-corrected chi connectivity index (χ2v) is 6.24. The monoisotopic (exact) mass is 298 g/mol. The lowest BCUT2D eigenvalue weighted by Crippen LogP contribution is -2.36. The molecule has 1 rings (SSSR count). The molecule has 0 heterocycles. The Morgan fingerprint density at radius 3 is 2.29 bits per heavy atom. The van der Waals surface area contributed by atoms with Gasteiger partial charge in [0.15, 0.2) is 0 Å². The molecule has 0 amide bonds. The van der Waals surface area contributed by atoms with E-state index < -0.39 is 0 Å². The number of esters is 1. The maximum atomic E-state index is 11.9. The predicted molar refractivity (Wildman–Crippen MR) is 86.4 cm³/mol. The van der Waals surface area contributed by atoms with Crippen LogP contribution in [0.15, 0.2) is 0 Å². The highest BCUT2D eigenvalue weighted by molar-refractivity contribution is 5.69. The van der Waals surface area contributed by atoms with Gasteiger partial charge in [0.25, 0.3) is 0 Å². The summed E-state index contributed by atoms with van der Waals surface area (Å²) in [5.41, 5.74) is 0. The molecular formula is C18H34O3. The van der Waals surface area contributed by atoms with Gasteiger partial charge in [-0.1, -0.05) is 52.4 Å². The van der Waals surface area contributed by atoms with Gasteiger partial charge in [0.2, 0.25) is 0 Å². The van der Waals surface area contributed by atoms with E-state index in [1.165, 1.54) is 25.7 Å². The third kappa shape index (κ3) is 8.45. The lowest BCUT2D eigenvalue weighted by molar-refractivity contribution is -0.161. The highest BCUT2D eigenvalue weighted by Crippen LogP contribution is 2.25. The molecule has 0 radical (unpaired) electrons. The Bertz CT molecular complexity index is 265. The highest BCUT2D eigenvalue weighted by Gasteiger charge is 2.28. The van der Waals surface area contributed by atoms with Crippen LogP contribution in [0.4, 0.5) is 0 Å². The highest BCUT2D eigenvalue weighted by atomic mass is 16.6. The molecule has 21 heavy (non-hydrogen) atoms. The van der Waals surface area contributed by atoms with Crippen molar-refractivity contribution >= 4 is 5.97 Å². The summed E-state index contributed by atoms with van der Waals surface area (Å²) >= 11 is 0. The molecule has 1 aliphatic rings. The van der Waals surface area contributed by atoms with Crippen molar-refractivity contribution in [3.63, 3.8) is 0 Å². The van der Waals surface area contributed by atoms with Crippen LogP contribution in [0.3, 0.4) is 0 Å². The van der Waals surface area contributed by atoms with E-state index in [9.17, 15) is 4.79 Å². The number of unbranched alkanes of at least 4 members (excludes halogenated alkanes) is 5. The molecule has 3 nitrogen and oxygen atoms in total. The largest absolute Gasteiger partial charge is 0.460 e. The van der Waals surface area contributed by atoms with Gasteiger partial charge in [-0.15, -0.1) is 0 Å². The van der Waals surface area contributed by atoms with E-state index in [1.54, 1.807) is 0 Å². The first-order valence-electron chi connectivity index (χ1n) is 9.09. The number of hydrogen-bond donors (Lipinski definition) is 0. The Morgan fingerprint density at radius 1 is 0.905 bits per heavy atom. The number of carbonyl (C=O) groups excluding carboxylic acids is 1. The number of carbonyl (C=O) groups is 1. The van der Waals surface area contributed by atoms with Crippen LogP contribution in [-0.2, 0) is 14.3 Å². The fourth-order valence-electron chi connectivity index (χ4n) is 2.90. The van der Waals surface area contributed by atoms with Crippen molar-refractivity contribution in [2.75, 3.05) is 6.61 Å². The lowest BCUT2D eigenvalue weighted by atomic mass is 9.94. The van der Waals surface area contributed by atoms with E-state index in [-0.39, 0.29) is 18.2 Å². The van der Waals surface area contributed by atoms with E-state index in [1.807, 2.05) is 0 Å². The molecule has 0 saturated heterocycles. The standard InChI is InChI=1S/C18H34O3/c1-3-5-7-11-15-20-16-12-9-10-13-17(16)21-18(19)14-8-6-4-2/h16-17H,3-15H2,1-2H3. The third-order valence-electron chi connectivity index (χ3n) is 4.24. The second kappa shape index (κ2) is 12.0. The normalized spacial score (nSPS) is 22.2. The quantitative estimate of drug-likeness (QED) is 0.397. The SMILES string of the molecule is CCCCCCOC1CCCCC1OC(=O)CCCCC. The Labute approximate surface area is 130 Å². The van der Waals surface area contributed by atoms with Crippen LogP contribution in [0.5, 0.6) is 0 Å².